The maximum atomic E-state index is 12.4. The normalized spacial score (nSPS) is 10.7. The minimum Gasteiger partial charge on any atom is -0.487 e. The molecule has 1 heterocycles. The number of non-ortho nitro benzene ring substituents is 1. The fraction of sp³-hybridized carbons (Fsp3) is 0.158. The molecule has 1 N–H and O–H groups in total. The summed E-state index contributed by atoms with van der Waals surface area (Å²) in [4.78, 5) is 22.8. The third kappa shape index (κ3) is 6.37. The maximum absolute atomic E-state index is 12.4. The summed E-state index contributed by atoms with van der Waals surface area (Å²) in [6.45, 7) is -0.929. The number of nitro benzene ring substituents is 1. The van der Waals surface area contributed by atoms with Gasteiger partial charge in [-0.3, -0.25) is 14.9 Å². The number of halogens is 3. The van der Waals surface area contributed by atoms with Crippen LogP contribution in [0.1, 0.15) is 10.5 Å². The van der Waals surface area contributed by atoms with Crippen molar-refractivity contribution in [3.05, 3.63) is 75.6 Å². The van der Waals surface area contributed by atoms with E-state index in [0.717, 1.165) is 12.1 Å². The smallest absolute Gasteiger partial charge is 0.276 e. The van der Waals surface area contributed by atoms with Crippen molar-refractivity contribution >= 4 is 28.9 Å². The number of amides is 1. The molecule has 1 amide bonds. The van der Waals surface area contributed by atoms with Gasteiger partial charge in [0.05, 0.1) is 16.7 Å². The lowest BCUT2D eigenvalue weighted by Gasteiger charge is -2.09. The van der Waals surface area contributed by atoms with E-state index in [1.54, 1.807) is 24.3 Å². The van der Waals surface area contributed by atoms with Crippen LogP contribution in [-0.4, -0.2) is 33.6 Å². The van der Waals surface area contributed by atoms with E-state index in [9.17, 15) is 23.7 Å². The third-order valence-corrected chi connectivity index (χ3v) is 4.00. The summed E-state index contributed by atoms with van der Waals surface area (Å²) in [6.07, 6.45) is -1.25. The summed E-state index contributed by atoms with van der Waals surface area (Å²) < 4.78 is 36.4. The number of alkyl halides is 2. The van der Waals surface area contributed by atoms with Crippen molar-refractivity contribution in [3.63, 3.8) is 0 Å². The lowest BCUT2D eigenvalue weighted by atomic mass is 10.2. The lowest BCUT2D eigenvalue weighted by molar-refractivity contribution is -0.384. The van der Waals surface area contributed by atoms with Gasteiger partial charge in [-0.1, -0.05) is 17.7 Å². The van der Waals surface area contributed by atoms with Crippen molar-refractivity contribution in [2.75, 3.05) is 11.9 Å². The Hall–Kier alpha value is -3.73. The molecule has 0 spiro atoms. The first kappa shape index (κ1) is 22.0. The van der Waals surface area contributed by atoms with Crippen molar-refractivity contribution in [2.24, 2.45) is 0 Å². The SMILES string of the molecule is O=C(Nc1cc(OCC(F)F)cc([N+](=O)[O-])c1)c1ccn(COc2cccc(Cl)c2)n1. The van der Waals surface area contributed by atoms with Gasteiger partial charge in [0.25, 0.3) is 18.0 Å². The number of hydrogen-bond acceptors (Lipinski definition) is 6. The Bertz CT molecular complexity index is 1090. The third-order valence-electron chi connectivity index (χ3n) is 3.77. The monoisotopic (exact) mass is 452 g/mol. The van der Waals surface area contributed by atoms with Crippen LogP contribution in [0.25, 0.3) is 0 Å². The summed E-state index contributed by atoms with van der Waals surface area (Å²) in [6, 6.07) is 11.4. The molecule has 0 saturated heterocycles. The largest absolute Gasteiger partial charge is 0.487 e. The Kier molecular flexibility index (Phi) is 6.98. The predicted molar refractivity (Wildman–Crippen MR) is 107 cm³/mol. The van der Waals surface area contributed by atoms with Crippen LogP contribution in [0.3, 0.4) is 0 Å². The second-order valence-corrected chi connectivity index (χ2v) is 6.54. The number of aromatic nitrogens is 2. The fourth-order valence-electron chi connectivity index (χ4n) is 2.45. The summed E-state index contributed by atoms with van der Waals surface area (Å²) in [7, 11) is 0. The number of nitrogens with zero attached hydrogens (tertiary/aromatic N) is 3. The molecule has 1 aromatic heterocycles. The van der Waals surface area contributed by atoms with Crippen LogP contribution in [0, 0.1) is 10.1 Å². The minimum atomic E-state index is -2.75. The highest BCUT2D eigenvalue weighted by Crippen LogP contribution is 2.27. The van der Waals surface area contributed by atoms with Gasteiger partial charge >= 0.3 is 0 Å². The molecule has 3 aromatic rings. The zero-order chi connectivity index (χ0) is 22.4. The Balaban J connectivity index is 1.67. The first-order valence-corrected chi connectivity index (χ1v) is 9.11. The van der Waals surface area contributed by atoms with Crippen molar-refractivity contribution in [1.29, 1.82) is 0 Å². The molecule has 0 aliphatic heterocycles. The Labute approximate surface area is 179 Å². The van der Waals surface area contributed by atoms with Gasteiger partial charge in [0.15, 0.2) is 12.4 Å². The molecule has 0 unspecified atom stereocenters. The Morgan fingerprint density at radius 3 is 2.71 bits per heavy atom. The molecule has 2 aromatic carbocycles. The van der Waals surface area contributed by atoms with E-state index in [4.69, 9.17) is 21.1 Å². The van der Waals surface area contributed by atoms with Gasteiger partial charge in [0, 0.05) is 23.4 Å². The molecule has 0 radical (unpaired) electrons. The number of benzene rings is 2. The molecule has 31 heavy (non-hydrogen) atoms. The molecule has 0 aliphatic rings. The topological polar surface area (TPSA) is 109 Å². The van der Waals surface area contributed by atoms with E-state index < -0.39 is 29.6 Å². The molecule has 0 saturated carbocycles. The predicted octanol–water partition coefficient (Wildman–Crippen LogP) is 4.38. The molecular formula is C19H15ClF2N4O5. The van der Waals surface area contributed by atoms with Crippen molar-refractivity contribution in [2.45, 2.75) is 13.2 Å². The van der Waals surface area contributed by atoms with Crippen LogP contribution >= 0.6 is 11.6 Å². The van der Waals surface area contributed by atoms with Gasteiger partial charge in [0.1, 0.15) is 18.1 Å². The van der Waals surface area contributed by atoms with E-state index in [0.29, 0.717) is 10.8 Å². The highest BCUT2D eigenvalue weighted by molar-refractivity contribution is 6.30. The number of nitrogens with one attached hydrogen (secondary N) is 1. The highest BCUT2D eigenvalue weighted by Gasteiger charge is 2.16. The van der Waals surface area contributed by atoms with Crippen LogP contribution in [0.5, 0.6) is 11.5 Å². The Morgan fingerprint density at radius 2 is 2.00 bits per heavy atom. The van der Waals surface area contributed by atoms with Crippen LogP contribution < -0.4 is 14.8 Å². The van der Waals surface area contributed by atoms with Crippen LogP contribution in [0.2, 0.25) is 5.02 Å². The van der Waals surface area contributed by atoms with Crippen LogP contribution in [0.4, 0.5) is 20.2 Å². The lowest BCUT2D eigenvalue weighted by Crippen LogP contribution is -2.15. The quantitative estimate of drug-likeness (QED) is 0.381. The number of carbonyl (C=O) groups is 1. The Morgan fingerprint density at radius 1 is 1.19 bits per heavy atom. The second kappa shape index (κ2) is 9.85. The van der Waals surface area contributed by atoms with E-state index in [2.05, 4.69) is 10.4 Å². The minimum absolute atomic E-state index is 0.00630. The molecule has 162 valence electrons. The van der Waals surface area contributed by atoms with E-state index >= 15 is 0 Å². The van der Waals surface area contributed by atoms with Crippen LogP contribution in [-0.2, 0) is 6.73 Å². The number of anilines is 1. The summed E-state index contributed by atoms with van der Waals surface area (Å²) in [5, 5.41) is 18.1. The number of carbonyl (C=O) groups excluding carboxylic acids is 1. The number of ether oxygens (including phenoxy) is 2. The van der Waals surface area contributed by atoms with Crippen LogP contribution in [0.15, 0.2) is 54.7 Å². The molecule has 9 nitrogen and oxygen atoms in total. The summed E-state index contributed by atoms with van der Waals surface area (Å²) in [5.41, 5.74) is -0.424. The molecule has 0 aliphatic carbocycles. The van der Waals surface area contributed by atoms with Gasteiger partial charge in [-0.05, 0) is 24.3 Å². The number of nitro groups is 1. The molecular weight excluding hydrogens is 438 g/mol. The maximum Gasteiger partial charge on any atom is 0.276 e. The molecule has 0 bridgehead atoms. The average molecular weight is 453 g/mol. The summed E-state index contributed by atoms with van der Waals surface area (Å²) >= 11 is 5.88. The zero-order valence-electron chi connectivity index (χ0n) is 15.7. The first-order valence-electron chi connectivity index (χ1n) is 8.74. The van der Waals surface area contributed by atoms with Crippen molar-refractivity contribution < 1.29 is 28.0 Å². The second-order valence-electron chi connectivity index (χ2n) is 6.10. The van der Waals surface area contributed by atoms with E-state index in [-0.39, 0.29) is 23.9 Å². The van der Waals surface area contributed by atoms with Crippen molar-refractivity contribution in [3.8, 4) is 11.5 Å². The molecule has 0 atom stereocenters. The van der Waals surface area contributed by atoms with Gasteiger partial charge < -0.3 is 14.8 Å². The van der Waals surface area contributed by atoms with Gasteiger partial charge in [-0.25, -0.2) is 13.5 Å². The van der Waals surface area contributed by atoms with Gasteiger partial charge in [-0.15, -0.1) is 0 Å². The van der Waals surface area contributed by atoms with Crippen molar-refractivity contribution in [1.82, 2.24) is 9.78 Å². The molecule has 3 rings (SSSR count). The van der Waals surface area contributed by atoms with E-state index in [1.807, 2.05) is 0 Å². The fourth-order valence-corrected chi connectivity index (χ4v) is 2.63. The number of rotatable bonds is 9. The molecule has 0 fully saturated rings. The van der Waals surface area contributed by atoms with Gasteiger partial charge in [-0.2, -0.15) is 5.10 Å². The zero-order valence-corrected chi connectivity index (χ0v) is 16.5. The highest BCUT2D eigenvalue weighted by atomic mass is 35.5. The number of hydrogen-bond donors (Lipinski definition) is 1. The standard InChI is InChI=1S/C19H15ClF2N4O5/c20-12-2-1-3-15(6-12)31-11-25-5-4-17(24-25)19(27)23-13-7-14(26(28)29)9-16(8-13)30-10-18(21)22/h1-9,18H,10-11H2,(H,23,27). The average Bonchev–Trinajstić information content (AvgIpc) is 3.20. The van der Waals surface area contributed by atoms with Gasteiger partial charge in [0.2, 0.25) is 0 Å². The summed E-state index contributed by atoms with van der Waals surface area (Å²) in [5.74, 6) is -0.325. The molecule has 12 heteroatoms. The first-order chi connectivity index (χ1) is 14.8. The van der Waals surface area contributed by atoms with E-state index in [1.165, 1.54) is 23.0 Å².